The Morgan fingerprint density at radius 3 is 3.04 bits per heavy atom. The van der Waals surface area contributed by atoms with Crippen molar-refractivity contribution in [1.29, 1.82) is 0 Å². The number of aromatic nitrogens is 6. The average molecular weight is 363 g/mol. The molecule has 4 aromatic heterocycles. The molecule has 10 heteroatoms. The monoisotopic (exact) mass is 363 g/mol. The molecule has 1 aliphatic heterocycles. The van der Waals surface area contributed by atoms with Crippen LogP contribution in [0.3, 0.4) is 0 Å². The Balaban J connectivity index is 1.43. The lowest BCUT2D eigenvalue weighted by molar-refractivity contribution is 0.269. The van der Waals surface area contributed by atoms with Gasteiger partial charge in [0.05, 0.1) is 48.8 Å². The minimum Gasteiger partial charge on any atom is -0.394 e. The van der Waals surface area contributed by atoms with Crippen LogP contribution in [0.25, 0.3) is 22.3 Å². The highest BCUT2D eigenvalue weighted by atomic mass is 16.3. The molecule has 27 heavy (non-hydrogen) atoms. The number of nitrogens with one attached hydrogen (secondary N) is 3. The van der Waals surface area contributed by atoms with Crippen LogP contribution in [0.4, 0.5) is 11.6 Å². The maximum absolute atomic E-state index is 9.03. The van der Waals surface area contributed by atoms with Crippen LogP contribution >= 0.6 is 0 Å². The second-order valence-corrected chi connectivity index (χ2v) is 6.20. The topological polar surface area (TPSA) is 120 Å². The van der Waals surface area contributed by atoms with Crippen molar-refractivity contribution >= 4 is 22.7 Å². The van der Waals surface area contributed by atoms with E-state index in [1.165, 1.54) is 0 Å². The van der Waals surface area contributed by atoms with E-state index in [9.17, 15) is 0 Å². The standard InChI is InChI=1S/C17H17N9O/c27-5-4-25-9-11(7-20-25)15-8-19-16-17(22-15)26(24-23-16)10-12-6-14-13(21-12)2-1-3-18-14/h1-3,6-9,21,24,27H,4-5,10H2,(H,19,23). The van der Waals surface area contributed by atoms with Crippen LogP contribution in [-0.4, -0.2) is 41.4 Å². The molecule has 4 N–H and O–H groups in total. The lowest BCUT2D eigenvalue weighted by atomic mass is 10.2. The summed E-state index contributed by atoms with van der Waals surface area (Å²) in [5.74, 6) is 1.37. The summed E-state index contributed by atoms with van der Waals surface area (Å²) < 4.78 is 1.68. The van der Waals surface area contributed by atoms with Crippen LogP contribution in [0.1, 0.15) is 5.69 Å². The number of H-pyrrole nitrogens is 1. The van der Waals surface area contributed by atoms with E-state index < -0.39 is 0 Å². The third-order valence-corrected chi connectivity index (χ3v) is 4.35. The highest BCUT2D eigenvalue weighted by Crippen LogP contribution is 2.29. The molecule has 0 fully saturated rings. The highest BCUT2D eigenvalue weighted by molar-refractivity contribution is 5.76. The largest absolute Gasteiger partial charge is 0.394 e. The zero-order valence-corrected chi connectivity index (χ0v) is 14.3. The maximum Gasteiger partial charge on any atom is 0.190 e. The molecule has 10 nitrogen and oxygen atoms in total. The van der Waals surface area contributed by atoms with Gasteiger partial charge in [-0.2, -0.15) is 5.10 Å². The molecule has 5 rings (SSSR count). The van der Waals surface area contributed by atoms with Gasteiger partial charge < -0.3 is 10.1 Å². The van der Waals surface area contributed by atoms with Crippen LogP contribution in [0.2, 0.25) is 0 Å². The molecule has 0 aromatic carbocycles. The fourth-order valence-corrected chi connectivity index (χ4v) is 3.07. The van der Waals surface area contributed by atoms with E-state index in [4.69, 9.17) is 10.1 Å². The molecular formula is C17H17N9O. The second kappa shape index (κ2) is 6.34. The Morgan fingerprint density at radius 1 is 1.19 bits per heavy atom. The summed E-state index contributed by atoms with van der Waals surface area (Å²) in [4.78, 5) is 16.9. The van der Waals surface area contributed by atoms with Crippen LogP contribution in [0.15, 0.2) is 43.0 Å². The first-order valence-electron chi connectivity index (χ1n) is 8.53. The Labute approximate surface area is 153 Å². The molecule has 136 valence electrons. The molecule has 0 aliphatic carbocycles. The Morgan fingerprint density at radius 2 is 2.15 bits per heavy atom. The first-order valence-corrected chi connectivity index (χ1v) is 8.53. The van der Waals surface area contributed by atoms with Crippen molar-refractivity contribution in [3.63, 3.8) is 0 Å². The molecule has 0 saturated heterocycles. The number of hydrazine groups is 2. The molecule has 1 aliphatic rings. The van der Waals surface area contributed by atoms with Gasteiger partial charge in [-0.25, -0.2) is 9.97 Å². The smallest absolute Gasteiger partial charge is 0.190 e. The van der Waals surface area contributed by atoms with Gasteiger partial charge in [0.1, 0.15) is 0 Å². The van der Waals surface area contributed by atoms with Crippen molar-refractivity contribution in [2.75, 3.05) is 17.0 Å². The van der Waals surface area contributed by atoms with Crippen molar-refractivity contribution in [3.8, 4) is 11.3 Å². The summed E-state index contributed by atoms with van der Waals surface area (Å²) >= 11 is 0. The predicted octanol–water partition coefficient (Wildman–Crippen LogP) is 1.06. The number of nitrogens with zero attached hydrogens (tertiary/aromatic N) is 6. The minimum absolute atomic E-state index is 0.0396. The first kappa shape index (κ1) is 15.7. The van der Waals surface area contributed by atoms with E-state index in [0.717, 1.165) is 22.3 Å². The highest BCUT2D eigenvalue weighted by Gasteiger charge is 2.23. The van der Waals surface area contributed by atoms with Crippen LogP contribution in [-0.2, 0) is 13.1 Å². The predicted molar refractivity (Wildman–Crippen MR) is 99.4 cm³/mol. The fraction of sp³-hybridized carbons (Fsp3) is 0.176. The number of rotatable bonds is 5. The van der Waals surface area contributed by atoms with Crippen molar-refractivity contribution in [2.45, 2.75) is 13.1 Å². The van der Waals surface area contributed by atoms with E-state index in [2.05, 4.69) is 31.0 Å². The summed E-state index contributed by atoms with van der Waals surface area (Å²) in [7, 11) is 0. The normalized spacial score (nSPS) is 13.1. The van der Waals surface area contributed by atoms with E-state index in [1.807, 2.05) is 29.4 Å². The van der Waals surface area contributed by atoms with Crippen molar-refractivity contribution in [1.82, 2.24) is 35.3 Å². The van der Waals surface area contributed by atoms with Crippen LogP contribution in [0, 0.1) is 0 Å². The van der Waals surface area contributed by atoms with Crippen LogP contribution < -0.4 is 16.0 Å². The number of anilines is 2. The number of fused-ring (bicyclic) bond motifs is 2. The lowest BCUT2D eigenvalue weighted by Gasteiger charge is -2.15. The van der Waals surface area contributed by atoms with E-state index in [0.29, 0.717) is 30.4 Å². The molecule has 0 radical (unpaired) electrons. The average Bonchev–Trinajstić information content (AvgIpc) is 3.40. The van der Waals surface area contributed by atoms with Gasteiger partial charge in [-0.3, -0.25) is 20.1 Å². The Hall–Kier alpha value is -3.50. The minimum atomic E-state index is 0.0396. The molecule has 0 atom stereocenters. The molecule has 0 unspecified atom stereocenters. The van der Waals surface area contributed by atoms with Crippen molar-refractivity contribution in [3.05, 3.63) is 48.7 Å². The number of hydrogen-bond acceptors (Lipinski definition) is 8. The van der Waals surface area contributed by atoms with Crippen LogP contribution in [0.5, 0.6) is 0 Å². The van der Waals surface area contributed by atoms with Gasteiger partial charge in [0.15, 0.2) is 11.6 Å². The number of aliphatic hydroxyl groups is 1. The molecular weight excluding hydrogens is 346 g/mol. The summed E-state index contributed by atoms with van der Waals surface area (Å²) in [6.45, 7) is 1.05. The summed E-state index contributed by atoms with van der Waals surface area (Å²) in [6.07, 6.45) is 7.04. The summed E-state index contributed by atoms with van der Waals surface area (Å²) in [6, 6.07) is 5.92. The molecule has 4 aromatic rings. The third kappa shape index (κ3) is 2.86. The van der Waals surface area contributed by atoms with Gasteiger partial charge in [0.2, 0.25) is 0 Å². The molecule has 0 bridgehead atoms. The number of aliphatic hydroxyl groups excluding tert-OH is 1. The van der Waals surface area contributed by atoms with Gasteiger partial charge in [0, 0.05) is 23.7 Å². The van der Waals surface area contributed by atoms with E-state index in [-0.39, 0.29) is 6.61 Å². The maximum atomic E-state index is 9.03. The SMILES string of the molecule is OCCn1cc(-c2cnc3c(n2)N(Cc2cc4ncccc4[nH]2)NN3)cn1. The Bertz CT molecular complexity index is 1070. The fourth-order valence-electron chi connectivity index (χ4n) is 3.07. The van der Waals surface area contributed by atoms with Gasteiger partial charge in [-0.15, -0.1) is 5.53 Å². The second-order valence-electron chi connectivity index (χ2n) is 6.20. The lowest BCUT2D eigenvalue weighted by Crippen LogP contribution is -2.35. The van der Waals surface area contributed by atoms with Gasteiger partial charge in [-0.05, 0) is 18.2 Å². The summed E-state index contributed by atoms with van der Waals surface area (Å²) in [5.41, 5.74) is 10.6. The quantitative estimate of drug-likeness (QED) is 0.415. The molecule has 0 saturated carbocycles. The zero-order chi connectivity index (χ0) is 18.2. The van der Waals surface area contributed by atoms with Gasteiger partial charge in [0.25, 0.3) is 0 Å². The first-order chi connectivity index (χ1) is 13.3. The van der Waals surface area contributed by atoms with E-state index >= 15 is 0 Å². The summed E-state index contributed by atoms with van der Waals surface area (Å²) in [5, 5.41) is 15.1. The number of pyridine rings is 1. The third-order valence-electron chi connectivity index (χ3n) is 4.35. The van der Waals surface area contributed by atoms with Gasteiger partial charge >= 0.3 is 0 Å². The molecule has 0 spiro atoms. The number of hydrogen-bond donors (Lipinski definition) is 4. The Kier molecular flexibility index (Phi) is 3.69. The molecule has 5 heterocycles. The van der Waals surface area contributed by atoms with Crippen molar-refractivity contribution in [2.24, 2.45) is 0 Å². The van der Waals surface area contributed by atoms with Crippen molar-refractivity contribution < 1.29 is 5.11 Å². The van der Waals surface area contributed by atoms with Gasteiger partial charge in [-0.1, -0.05) is 0 Å². The zero-order valence-electron chi connectivity index (χ0n) is 14.3. The number of aromatic amines is 1. The molecule has 0 amide bonds. The van der Waals surface area contributed by atoms with E-state index in [1.54, 1.807) is 23.3 Å².